The molecular weight excluding hydrogens is 220 g/mol. The number of nitrogens with two attached hydrogens (primary N) is 1. The van der Waals surface area contributed by atoms with Gasteiger partial charge in [0.25, 0.3) is 0 Å². The number of rotatable bonds is 4. The molecule has 1 aromatic carbocycles. The van der Waals surface area contributed by atoms with Gasteiger partial charge in [-0.1, -0.05) is 43.7 Å². The molecule has 0 spiro atoms. The third-order valence-corrected chi connectivity index (χ3v) is 4.96. The lowest BCUT2D eigenvalue weighted by molar-refractivity contribution is 0.318. The van der Waals surface area contributed by atoms with Crippen LogP contribution in [0.1, 0.15) is 44.1 Å². The minimum absolute atomic E-state index is 0.528. The van der Waals surface area contributed by atoms with Crippen LogP contribution in [0.5, 0.6) is 0 Å². The van der Waals surface area contributed by atoms with Gasteiger partial charge in [0, 0.05) is 6.04 Å². The molecule has 0 heterocycles. The second-order valence-corrected chi connectivity index (χ2v) is 6.29. The molecule has 0 aromatic heterocycles. The molecule has 0 saturated heterocycles. The first-order valence-electron chi connectivity index (χ1n) is 7.30. The number of hydrogen-bond acceptors (Lipinski definition) is 2. The quantitative estimate of drug-likeness (QED) is 0.631. The Morgan fingerprint density at radius 2 is 1.94 bits per heavy atom. The first-order chi connectivity index (χ1) is 8.79. The highest BCUT2D eigenvalue weighted by molar-refractivity contribution is 5.27. The average molecular weight is 244 g/mol. The number of benzene rings is 1. The SMILES string of the molecule is CC1CCC(C(NN)C2CC2c2ccccc2)C1. The van der Waals surface area contributed by atoms with Crippen molar-refractivity contribution < 1.29 is 0 Å². The summed E-state index contributed by atoms with van der Waals surface area (Å²) in [6, 6.07) is 11.4. The normalized spacial score (nSPS) is 36.6. The van der Waals surface area contributed by atoms with E-state index in [9.17, 15) is 0 Å². The van der Waals surface area contributed by atoms with Gasteiger partial charge >= 0.3 is 0 Å². The maximum Gasteiger partial charge on any atom is 0.0273 e. The van der Waals surface area contributed by atoms with E-state index in [1.807, 2.05) is 0 Å². The van der Waals surface area contributed by atoms with Gasteiger partial charge in [0.1, 0.15) is 0 Å². The van der Waals surface area contributed by atoms with Gasteiger partial charge in [0.15, 0.2) is 0 Å². The zero-order valence-electron chi connectivity index (χ0n) is 11.2. The molecule has 2 aliphatic rings. The maximum absolute atomic E-state index is 5.83. The summed E-state index contributed by atoms with van der Waals surface area (Å²) in [6.45, 7) is 2.37. The van der Waals surface area contributed by atoms with Crippen molar-refractivity contribution in [1.29, 1.82) is 0 Å². The standard InChI is InChI=1S/C16H24N2/c1-11-7-8-13(9-11)16(18-17)15-10-14(15)12-5-3-2-4-6-12/h2-6,11,13-16,18H,7-10,17H2,1H3. The molecule has 3 rings (SSSR count). The lowest BCUT2D eigenvalue weighted by atomic mass is 9.92. The second-order valence-electron chi connectivity index (χ2n) is 6.29. The minimum Gasteiger partial charge on any atom is -0.271 e. The van der Waals surface area contributed by atoms with Crippen molar-refractivity contribution >= 4 is 0 Å². The molecule has 2 aliphatic carbocycles. The molecule has 0 bridgehead atoms. The van der Waals surface area contributed by atoms with E-state index in [0.29, 0.717) is 6.04 Å². The third kappa shape index (κ3) is 2.32. The maximum atomic E-state index is 5.83. The van der Waals surface area contributed by atoms with Crippen LogP contribution in [-0.2, 0) is 0 Å². The van der Waals surface area contributed by atoms with Crippen molar-refractivity contribution in [2.45, 2.75) is 44.6 Å². The van der Waals surface area contributed by atoms with E-state index in [2.05, 4.69) is 42.7 Å². The molecular formula is C16H24N2. The first kappa shape index (κ1) is 12.2. The van der Waals surface area contributed by atoms with Gasteiger partial charge in [-0.25, -0.2) is 0 Å². The summed E-state index contributed by atoms with van der Waals surface area (Å²) >= 11 is 0. The van der Waals surface area contributed by atoms with E-state index in [1.54, 1.807) is 0 Å². The van der Waals surface area contributed by atoms with Crippen molar-refractivity contribution in [1.82, 2.24) is 5.43 Å². The molecule has 3 N–H and O–H groups in total. The zero-order chi connectivity index (χ0) is 12.5. The van der Waals surface area contributed by atoms with Crippen molar-refractivity contribution in [3.8, 4) is 0 Å². The van der Waals surface area contributed by atoms with Gasteiger partial charge in [-0.2, -0.15) is 0 Å². The van der Waals surface area contributed by atoms with Gasteiger partial charge < -0.3 is 0 Å². The van der Waals surface area contributed by atoms with Crippen LogP contribution < -0.4 is 11.3 Å². The lowest BCUT2D eigenvalue weighted by Crippen LogP contribution is -2.42. The molecule has 1 aromatic rings. The fourth-order valence-electron chi connectivity index (χ4n) is 3.88. The third-order valence-electron chi connectivity index (χ3n) is 4.96. The Morgan fingerprint density at radius 3 is 2.56 bits per heavy atom. The van der Waals surface area contributed by atoms with Crippen LogP contribution in [0, 0.1) is 17.8 Å². The van der Waals surface area contributed by atoms with Crippen LogP contribution in [0.15, 0.2) is 30.3 Å². The number of nitrogens with one attached hydrogen (secondary N) is 1. The highest BCUT2D eigenvalue weighted by atomic mass is 15.2. The summed E-state index contributed by atoms with van der Waals surface area (Å²) < 4.78 is 0. The average Bonchev–Trinajstić information content (AvgIpc) is 3.07. The van der Waals surface area contributed by atoms with E-state index in [0.717, 1.165) is 23.7 Å². The molecule has 5 unspecified atom stereocenters. The van der Waals surface area contributed by atoms with E-state index in [4.69, 9.17) is 5.84 Å². The van der Waals surface area contributed by atoms with Gasteiger partial charge in [-0.15, -0.1) is 0 Å². The van der Waals surface area contributed by atoms with Gasteiger partial charge in [-0.05, 0) is 48.5 Å². The smallest absolute Gasteiger partial charge is 0.0273 e. The molecule has 2 heteroatoms. The Balaban J connectivity index is 1.65. The van der Waals surface area contributed by atoms with Crippen LogP contribution in [0.2, 0.25) is 0 Å². The highest BCUT2D eigenvalue weighted by Crippen LogP contribution is 2.52. The van der Waals surface area contributed by atoms with Gasteiger partial charge in [-0.3, -0.25) is 11.3 Å². The summed E-state index contributed by atoms with van der Waals surface area (Å²) in [5.41, 5.74) is 4.62. The molecule has 0 amide bonds. The Bertz CT molecular complexity index is 389. The van der Waals surface area contributed by atoms with Crippen molar-refractivity contribution in [2.24, 2.45) is 23.6 Å². The summed E-state index contributed by atoms with van der Waals surface area (Å²) in [4.78, 5) is 0. The van der Waals surface area contributed by atoms with E-state index >= 15 is 0 Å². The molecule has 0 radical (unpaired) electrons. The highest BCUT2D eigenvalue weighted by Gasteiger charge is 2.47. The minimum atomic E-state index is 0.528. The van der Waals surface area contributed by atoms with Crippen molar-refractivity contribution in [3.05, 3.63) is 35.9 Å². The predicted molar refractivity (Wildman–Crippen MR) is 74.9 cm³/mol. The van der Waals surface area contributed by atoms with Crippen LogP contribution in [0.25, 0.3) is 0 Å². The topological polar surface area (TPSA) is 38.0 Å². The van der Waals surface area contributed by atoms with Gasteiger partial charge in [0.2, 0.25) is 0 Å². The summed E-state index contributed by atoms with van der Waals surface area (Å²) in [5, 5.41) is 0. The second kappa shape index (κ2) is 5.02. The Labute approximate surface area is 110 Å². The van der Waals surface area contributed by atoms with E-state index in [-0.39, 0.29) is 0 Å². The van der Waals surface area contributed by atoms with E-state index in [1.165, 1.54) is 31.2 Å². The summed E-state index contributed by atoms with van der Waals surface area (Å²) in [7, 11) is 0. The molecule has 5 atom stereocenters. The van der Waals surface area contributed by atoms with Gasteiger partial charge in [0.05, 0.1) is 0 Å². The van der Waals surface area contributed by atoms with Crippen LogP contribution in [-0.4, -0.2) is 6.04 Å². The molecule has 98 valence electrons. The van der Waals surface area contributed by atoms with Crippen LogP contribution in [0.3, 0.4) is 0 Å². The lowest BCUT2D eigenvalue weighted by Gasteiger charge is -2.23. The Hall–Kier alpha value is -0.860. The number of hydrogen-bond donors (Lipinski definition) is 2. The molecule has 2 fully saturated rings. The summed E-state index contributed by atoms with van der Waals surface area (Å²) in [5.74, 6) is 9.01. The Kier molecular flexibility index (Phi) is 3.40. The molecule has 2 saturated carbocycles. The largest absolute Gasteiger partial charge is 0.271 e. The monoisotopic (exact) mass is 244 g/mol. The zero-order valence-corrected chi connectivity index (χ0v) is 11.2. The van der Waals surface area contributed by atoms with E-state index < -0.39 is 0 Å². The molecule has 18 heavy (non-hydrogen) atoms. The molecule has 0 aliphatic heterocycles. The Morgan fingerprint density at radius 1 is 1.17 bits per heavy atom. The van der Waals surface area contributed by atoms with Crippen LogP contribution in [0.4, 0.5) is 0 Å². The predicted octanol–water partition coefficient (Wildman–Crippen LogP) is 3.06. The number of hydrazine groups is 1. The van der Waals surface area contributed by atoms with Crippen molar-refractivity contribution in [2.75, 3.05) is 0 Å². The van der Waals surface area contributed by atoms with Crippen LogP contribution >= 0.6 is 0 Å². The fourth-order valence-corrected chi connectivity index (χ4v) is 3.88. The fraction of sp³-hybridized carbons (Fsp3) is 0.625. The summed E-state index contributed by atoms with van der Waals surface area (Å²) in [6.07, 6.45) is 5.40. The van der Waals surface area contributed by atoms with Crippen molar-refractivity contribution in [3.63, 3.8) is 0 Å². The molecule has 2 nitrogen and oxygen atoms in total. The first-order valence-corrected chi connectivity index (χ1v) is 7.30.